The molecular formula is C22H18Cl2N4O3. The van der Waals surface area contributed by atoms with Gasteiger partial charge in [0.1, 0.15) is 24.4 Å². The molecule has 0 aliphatic carbocycles. The van der Waals surface area contributed by atoms with Crippen LogP contribution in [0.5, 0.6) is 5.75 Å². The third-order valence-corrected chi connectivity index (χ3v) is 5.13. The highest BCUT2D eigenvalue weighted by molar-refractivity contribution is 6.32. The number of rotatable bonds is 7. The molecule has 0 radical (unpaired) electrons. The van der Waals surface area contributed by atoms with Gasteiger partial charge in [0.15, 0.2) is 5.76 Å². The van der Waals surface area contributed by atoms with Gasteiger partial charge < -0.3 is 9.15 Å². The van der Waals surface area contributed by atoms with Gasteiger partial charge in [-0.3, -0.25) is 10.1 Å². The van der Waals surface area contributed by atoms with E-state index in [1.54, 1.807) is 22.9 Å². The van der Waals surface area contributed by atoms with Crippen molar-refractivity contribution in [2.75, 3.05) is 5.32 Å². The molecule has 0 bridgehead atoms. The fraction of sp³-hybridized carbons (Fsp3) is 0.136. The molecule has 9 heteroatoms. The maximum Gasteiger partial charge on any atom is 0.293 e. The molecule has 0 unspecified atom stereocenters. The summed E-state index contributed by atoms with van der Waals surface area (Å²) in [6.45, 7) is 2.48. The number of halogens is 2. The Morgan fingerprint density at radius 3 is 2.71 bits per heavy atom. The number of hydrogen-bond acceptors (Lipinski definition) is 5. The lowest BCUT2D eigenvalue weighted by atomic mass is 10.2. The number of carbonyl (C=O) groups excluding carboxylic acids is 1. The van der Waals surface area contributed by atoms with Crippen molar-refractivity contribution in [2.24, 2.45) is 0 Å². The van der Waals surface area contributed by atoms with Crippen molar-refractivity contribution in [1.82, 2.24) is 14.8 Å². The number of aromatic nitrogens is 3. The summed E-state index contributed by atoms with van der Waals surface area (Å²) < 4.78 is 12.9. The van der Waals surface area contributed by atoms with Crippen molar-refractivity contribution >= 4 is 35.1 Å². The summed E-state index contributed by atoms with van der Waals surface area (Å²) in [7, 11) is 0. The second kappa shape index (κ2) is 9.24. The van der Waals surface area contributed by atoms with Crippen LogP contribution in [0, 0.1) is 6.92 Å². The van der Waals surface area contributed by atoms with Crippen LogP contribution in [0.15, 0.2) is 65.3 Å². The lowest BCUT2D eigenvalue weighted by Crippen LogP contribution is -2.12. The Hall–Kier alpha value is -3.29. The number of ether oxygens (including phenoxy) is 1. The van der Waals surface area contributed by atoms with Crippen molar-refractivity contribution in [2.45, 2.75) is 20.1 Å². The Morgan fingerprint density at radius 1 is 1.10 bits per heavy atom. The first-order valence-electron chi connectivity index (χ1n) is 9.40. The highest BCUT2D eigenvalue weighted by Crippen LogP contribution is 2.28. The Labute approximate surface area is 188 Å². The van der Waals surface area contributed by atoms with Crippen LogP contribution in [-0.4, -0.2) is 20.7 Å². The summed E-state index contributed by atoms with van der Waals surface area (Å²) in [5.41, 5.74) is 1.81. The van der Waals surface area contributed by atoms with E-state index in [1.165, 1.54) is 6.33 Å². The van der Waals surface area contributed by atoms with E-state index < -0.39 is 5.91 Å². The zero-order valence-electron chi connectivity index (χ0n) is 16.5. The maximum absolute atomic E-state index is 12.5. The molecule has 1 N–H and O–H groups in total. The smallest absolute Gasteiger partial charge is 0.293 e. The van der Waals surface area contributed by atoms with Crippen molar-refractivity contribution in [3.63, 3.8) is 0 Å². The van der Waals surface area contributed by atoms with Gasteiger partial charge in [0.2, 0.25) is 5.95 Å². The summed E-state index contributed by atoms with van der Waals surface area (Å²) in [4.78, 5) is 16.6. The molecule has 4 rings (SSSR count). The van der Waals surface area contributed by atoms with E-state index in [4.69, 9.17) is 32.4 Å². The van der Waals surface area contributed by atoms with Crippen molar-refractivity contribution in [3.05, 3.63) is 93.6 Å². The lowest BCUT2D eigenvalue weighted by molar-refractivity contribution is 0.0991. The molecule has 2 aromatic carbocycles. The monoisotopic (exact) mass is 456 g/mol. The third kappa shape index (κ3) is 5.07. The van der Waals surface area contributed by atoms with Crippen LogP contribution in [0.25, 0.3) is 0 Å². The lowest BCUT2D eigenvalue weighted by Gasteiger charge is -2.09. The summed E-state index contributed by atoms with van der Waals surface area (Å²) in [5, 5.41) is 8.02. The summed E-state index contributed by atoms with van der Waals surface area (Å²) in [6, 6.07) is 16.2. The van der Waals surface area contributed by atoms with Crippen LogP contribution in [-0.2, 0) is 13.2 Å². The van der Waals surface area contributed by atoms with Crippen molar-refractivity contribution in [1.29, 1.82) is 0 Å². The average molecular weight is 457 g/mol. The molecule has 158 valence electrons. The van der Waals surface area contributed by atoms with Crippen LogP contribution in [0.3, 0.4) is 0 Å². The first kappa shape index (κ1) is 21.0. The van der Waals surface area contributed by atoms with Gasteiger partial charge in [-0.25, -0.2) is 9.67 Å². The van der Waals surface area contributed by atoms with E-state index in [0.29, 0.717) is 28.1 Å². The van der Waals surface area contributed by atoms with Gasteiger partial charge in [0.25, 0.3) is 5.91 Å². The first-order chi connectivity index (χ1) is 15.0. The molecule has 7 nitrogen and oxygen atoms in total. The van der Waals surface area contributed by atoms with E-state index in [1.807, 2.05) is 43.3 Å². The molecule has 1 amide bonds. The molecule has 0 saturated carbocycles. The van der Waals surface area contributed by atoms with Gasteiger partial charge in [-0.05, 0) is 42.3 Å². The normalized spacial score (nSPS) is 10.8. The minimum Gasteiger partial charge on any atom is -0.484 e. The molecule has 2 heterocycles. The van der Waals surface area contributed by atoms with Crippen LogP contribution in [0.4, 0.5) is 5.95 Å². The molecule has 0 fully saturated rings. The topological polar surface area (TPSA) is 82.2 Å². The quantitative estimate of drug-likeness (QED) is 0.404. The highest BCUT2D eigenvalue weighted by Gasteiger charge is 2.15. The largest absolute Gasteiger partial charge is 0.484 e. The zero-order chi connectivity index (χ0) is 21.8. The third-order valence-electron chi connectivity index (χ3n) is 4.46. The second-order valence-electron chi connectivity index (χ2n) is 6.75. The Kier molecular flexibility index (Phi) is 6.25. The maximum atomic E-state index is 12.5. The number of anilines is 1. The van der Waals surface area contributed by atoms with Gasteiger partial charge in [0.05, 0.1) is 11.6 Å². The van der Waals surface area contributed by atoms with E-state index in [-0.39, 0.29) is 18.3 Å². The second-order valence-corrected chi connectivity index (χ2v) is 7.57. The molecule has 2 aromatic heterocycles. The molecule has 4 aromatic rings. The van der Waals surface area contributed by atoms with Crippen molar-refractivity contribution < 1.29 is 13.9 Å². The summed E-state index contributed by atoms with van der Waals surface area (Å²) >= 11 is 12.3. The van der Waals surface area contributed by atoms with E-state index in [9.17, 15) is 4.79 Å². The predicted molar refractivity (Wildman–Crippen MR) is 118 cm³/mol. The van der Waals surface area contributed by atoms with Crippen LogP contribution in [0.1, 0.15) is 27.4 Å². The van der Waals surface area contributed by atoms with Gasteiger partial charge in [-0.2, -0.15) is 0 Å². The Bertz CT molecular complexity index is 1200. The number of nitrogens with zero attached hydrogens (tertiary/aromatic N) is 3. The number of hydrogen-bond donors (Lipinski definition) is 1. The number of furan rings is 1. The number of para-hydroxylation sites is 1. The Morgan fingerprint density at radius 2 is 1.90 bits per heavy atom. The number of amides is 1. The predicted octanol–water partition coefficient (Wildman–Crippen LogP) is 5.37. The molecule has 0 atom stereocenters. The van der Waals surface area contributed by atoms with E-state index >= 15 is 0 Å². The fourth-order valence-electron chi connectivity index (χ4n) is 2.91. The summed E-state index contributed by atoms with van der Waals surface area (Å²) in [5.74, 6) is 0.895. The number of aryl methyl sites for hydroxylation is 1. The standard InChI is InChI=1S/C22H18Cl2N4O3/c1-14-5-4-8-18(24)20(14)30-12-16-9-10-19(31-16)21(29)26-22-25-13-28(27-22)11-15-6-2-3-7-17(15)23/h2-10,13H,11-12H2,1H3,(H,26,27,29). The molecule has 0 spiro atoms. The fourth-order valence-corrected chi connectivity index (χ4v) is 3.38. The van der Waals surface area contributed by atoms with E-state index in [0.717, 1.165) is 11.1 Å². The minimum atomic E-state index is -0.462. The van der Waals surface area contributed by atoms with Gasteiger partial charge in [-0.1, -0.05) is 53.5 Å². The van der Waals surface area contributed by atoms with E-state index in [2.05, 4.69) is 15.4 Å². The molecule has 31 heavy (non-hydrogen) atoms. The number of carbonyl (C=O) groups is 1. The zero-order valence-corrected chi connectivity index (χ0v) is 18.0. The molecule has 0 aliphatic heterocycles. The summed E-state index contributed by atoms with van der Waals surface area (Å²) in [6.07, 6.45) is 1.52. The SMILES string of the molecule is Cc1cccc(Cl)c1OCc1ccc(C(=O)Nc2ncn(Cc3ccccc3Cl)n2)o1. The van der Waals surface area contributed by atoms with Gasteiger partial charge in [-0.15, -0.1) is 5.10 Å². The van der Waals surface area contributed by atoms with Crippen LogP contribution in [0.2, 0.25) is 10.0 Å². The van der Waals surface area contributed by atoms with Gasteiger partial charge in [0, 0.05) is 5.02 Å². The van der Waals surface area contributed by atoms with Crippen LogP contribution >= 0.6 is 23.2 Å². The first-order valence-corrected chi connectivity index (χ1v) is 10.2. The minimum absolute atomic E-state index is 0.122. The average Bonchev–Trinajstić information content (AvgIpc) is 3.39. The number of nitrogens with one attached hydrogen (secondary N) is 1. The van der Waals surface area contributed by atoms with Crippen molar-refractivity contribution in [3.8, 4) is 5.75 Å². The number of benzene rings is 2. The van der Waals surface area contributed by atoms with Crippen LogP contribution < -0.4 is 10.1 Å². The Balaban J connectivity index is 1.36. The highest BCUT2D eigenvalue weighted by atomic mass is 35.5. The van der Waals surface area contributed by atoms with Gasteiger partial charge >= 0.3 is 0 Å². The molecule has 0 saturated heterocycles. The molecular weight excluding hydrogens is 439 g/mol. The molecule has 0 aliphatic rings.